The maximum atomic E-state index is 12.8. The van der Waals surface area contributed by atoms with Crippen LogP contribution in [0.15, 0.2) is 24.3 Å². The monoisotopic (exact) mass is 384 g/mol. The number of ether oxygens (including phenoxy) is 1. The quantitative estimate of drug-likeness (QED) is 0.670. The third kappa shape index (κ3) is 4.25. The SMILES string of the molecule is CNCCN(C)C(=O)CN1C(=O)NC(C)(c2ccc(OC)cc2)C1=O.Cl. The van der Waals surface area contributed by atoms with Gasteiger partial charge >= 0.3 is 6.03 Å². The minimum Gasteiger partial charge on any atom is -0.497 e. The van der Waals surface area contributed by atoms with Gasteiger partial charge in [-0.25, -0.2) is 4.79 Å². The standard InChI is InChI=1S/C17H24N4O4.ClH/c1-17(12-5-7-13(25-4)8-6-12)15(23)21(16(24)19-17)11-14(22)20(3)10-9-18-2;/h5-8,18H,9-11H2,1-4H3,(H,19,24);1H. The van der Waals surface area contributed by atoms with Crippen LogP contribution in [0.1, 0.15) is 12.5 Å². The molecule has 2 N–H and O–H groups in total. The van der Waals surface area contributed by atoms with E-state index in [1.807, 2.05) is 0 Å². The third-order valence-corrected chi connectivity index (χ3v) is 4.36. The van der Waals surface area contributed by atoms with Gasteiger partial charge in [-0.05, 0) is 31.7 Å². The maximum absolute atomic E-state index is 12.8. The normalized spacial score (nSPS) is 19.0. The Morgan fingerprint density at radius 2 is 1.92 bits per heavy atom. The first-order valence-electron chi connectivity index (χ1n) is 8.00. The van der Waals surface area contributed by atoms with E-state index in [0.29, 0.717) is 24.4 Å². The summed E-state index contributed by atoms with van der Waals surface area (Å²) in [5, 5.41) is 5.63. The molecule has 0 radical (unpaired) electrons. The van der Waals surface area contributed by atoms with Crippen LogP contribution in [-0.4, -0.2) is 68.5 Å². The molecule has 144 valence electrons. The van der Waals surface area contributed by atoms with E-state index in [1.165, 1.54) is 4.90 Å². The fraction of sp³-hybridized carbons (Fsp3) is 0.471. The Balaban J connectivity index is 0.00000338. The minimum atomic E-state index is -1.20. The molecule has 0 spiro atoms. The zero-order valence-corrected chi connectivity index (χ0v) is 16.2. The number of nitrogens with zero attached hydrogens (tertiary/aromatic N) is 2. The summed E-state index contributed by atoms with van der Waals surface area (Å²) in [5.74, 6) is -0.0851. The summed E-state index contributed by atoms with van der Waals surface area (Å²) in [6.07, 6.45) is 0. The number of carbonyl (C=O) groups is 3. The molecule has 1 aliphatic heterocycles. The van der Waals surface area contributed by atoms with Gasteiger partial charge in [0.1, 0.15) is 17.8 Å². The summed E-state index contributed by atoms with van der Waals surface area (Å²) in [6, 6.07) is 6.32. The molecule has 0 bridgehead atoms. The molecule has 0 aliphatic carbocycles. The van der Waals surface area contributed by atoms with Crippen LogP contribution in [0.4, 0.5) is 4.79 Å². The van der Waals surface area contributed by atoms with Crippen molar-refractivity contribution in [2.24, 2.45) is 0 Å². The van der Waals surface area contributed by atoms with Gasteiger partial charge in [0.05, 0.1) is 7.11 Å². The van der Waals surface area contributed by atoms with Gasteiger partial charge in [-0.15, -0.1) is 12.4 Å². The van der Waals surface area contributed by atoms with Crippen LogP contribution < -0.4 is 15.4 Å². The van der Waals surface area contributed by atoms with E-state index in [1.54, 1.807) is 52.4 Å². The number of carbonyl (C=O) groups excluding carboxylic acids is 3. The molecule has 8 nitrogen and oxygen atoms in total. The second kappa shape index (κ2) is 8.86. The van der Waals surface area contributed by atoms with E-state index >= 15 is 0 Å². The molecule has 1 aromatic rings. The minimum absolute atomic E-state index is 0. The van der Waals surface area contributed by atoms with E-state index in [-0.39, 0.29) is 24.9 Å². The average molecular weight is 385 g/mol. The van der Waals surface area contributed by atoms with E-state index in [9.17, 15) is 14.4 Å². The summed E-state index contributed by atoms with van der Waals surface area (Å²) in [7, 11) is 4.98. The van der Waals surface area contributed by atoms with Crippen molar-refractivity contribution in [2.45, 2.75) is 12.5 Å². The molecule has 0 aromatic heterocycles. The van der Waals surface area contributed by atoms with E-state index in [4.69, 9.17) is 4.74 Å². The first-order chi connectivity index (χ1) is 11.8. The van der Waals surface area contributed by atoms with Crippen LogP contribution >= 0.6 is 12.4 Å². The van der Waals surface area contributed by atoms with Crippen molar-refractivity contribution < 1.29 is 19.1 Å². The van der Waals surface area contributed by atoms with Gasteiger partial charge in [-0.1, -0.05) is 12.1 Å². The average Bonchev–Trinajstić information content (AvgIpc) is 2.83. The molecule has 26 heavy (non-hydrogen) atoms. The van der Waals surface area contributed by atoms with Gasteiger partial charge in [0.2, 0.25) is 5.91 Å². The van der Waals surface area contributed by atoms with Crippen LogP contribution in [0.2, 0.25) is 0 Å². The summed E-state index contributed by atoms with van der Waals surface area (Å²) >= 11 is 0. The lowest BCUT2D eigenvalue weighted by molar-refractivity contribution is -0.138. The summed E-state index contributed by atoms with van der Waals surface area (Å²) in [6.45, 7) is 2.47. The number of halogens is 1. The molecule has 1 fully saturated rings. The molecule has 1 aromatic carbocycles. The topological polar surface area (TPSA) is 91.0 Å². The number of methoxy groups -OCH3 is 1. The molecular formula is C17H25ClN4O4. The van der Waals surface area contributed by atoms with Crippen molar-refractivity contribution in [3.63, 3.8) is 0 Å². The Labute approximate surface area is 159 Å². The van der Waals surface area contributed by atoms with Crippen molar-refractivity contribution in [2.75, 3.05) is 40.8 Å². The Bertz CT molecular complexity index is 667. The first kappa shape index (κ1) is 21.7. The van der Waals surface area contributed by atoms with Crippen LogP contribution in [0.25, 0.3) is 0 Å². The van der Waals surface area contributed by atoms with Crippen molar-refractivity contribution >= 4 is 30.3 Å². The number of rotatable bonds is 7. The van der Waals surface area contributed by atoms with Crippen LogP contribution in [-0.2, 0) is 15.1 Å². The zero-order chi connectivity index (χ0) is 18.6. The number of amides is 4. The van der Waals surface area contributed by atoms with Gasteiger partial charge in [-0.3, -0.25) is 14.5 Å². The van der Waals surface area contributed by atoms with Gasteiger partial charge in [-0.2, -0.15) is 0 Å². The molecule has 1 heterocycles. The van der Waals surface area contributed by atoms with Gasteiger partial charge in [0, 0.05) is 20.1 Å². The highest BCUT2D eigenvalue weighted by molar-refractivity contribution is 6.09. The van der Waals surface area contributed by atoms with Crippen molar-refractivity contribution in [1.29, 1.82) is 0 Å². The van der Waals surface area contributed by atoms with E-state index in [0.717, 1.165) is 4.90 Å². The predicted molar refractivity (Wildman–Crippen MR) is 99.4 cm³/mol. The molecule has 0 saturated carbocycles. The lowest BCUT2D eigenvalue weighted by Gasteiger charge is -2.23. The second-order valence-corrected chi connectivity index (χ2v) is 6.09. The number of likely N-dealkylation sites (N-methyl/N-ethyl adjacent to an activating group) is 2. The van der Waals surface area contributed by atoms with Crippen molar-refractivity contribution in [1.82, 2.24) is 20.4 Å². The number of urea groups is 1. The van der Waals surface area contributed by atoms with Crippen molar-refractivity contribution in [3.05, 3.63) is 29.8 Å². The molecule has 4 amide bonds. The number of nitrogens with one attached hydrogen (secondary N) is 2. The lowest BCUT2D eigenvalue weighted by atomic mass is 9.92. The predicted octanol–water partition coefficient (Wildman–Crippen LogP) is 0.562. The summed E-state index contributed by atoms with van der Waals surface area (Å²) < 4.78 is 5.11. The number of benzene rings is 1. The van der Waals surface area contributed by atoms with Crippen molar-refractivity contribution in [3.8, 4) is 5.75 Å². The van der Waals surface area contributed by atoms with E-state index in [2.05, 4.69) is 10.6 Å². The Kier molecular flexibility index (Phi) is 7.41. The highest BCUT2D eigenvalue weighted by atomic mass is 35.5. The summed E-state index contributed by atoms with van der Waals surface area (Å²) in [4.78, 5) is 39.7. The molecule has 1 aliphatic rings. The van der Waals surface area contributed by atoms with Crippen LogP contribution in [0.3, 0.4) is 0 Å². The van der Waals surface area contributed by atoms with Gasteiger partial charge in [0.15, 0.2) is 0 Å². The zero-order valence-electron chi connectivity index (χ0n) is 15.4. The highest BCUT2D eigenvalue weighted by Gasteiger charge is 2.49. The molecule has 1 saturated heterocycles. The molecule has 1 atom stereocenters. The number of hydrogen-bond acceptors (Lipinski definition) is 5. The largest absolute Gasteiger partial charge is 0.497 e. The fourth-order valence-electron chi connectivity index (χ4n) is 2.62. The molecule has 9 heteroatoms. The van der Waals surface area contributed by atoms with Crippen LogP contribution in [0.5, 0.6) is 5.75 Å². The summed E-state index contributed by atoms with van der Waals surface area (Å²) in [5.41, 5.74) is -0.571. The van der Waals surface area contributed by atoms with Crippen LogP contribution in [0, 0.1) is 0 Å². The molecular weight excluding hydrogens is 360 g/mol. The van der Waals surface area contributed by atoms with Gasteiger partial charge < -0.3 is 20.3 Å². The lowest BCUT2D eigenvalue weighted by Crippen LogP contribution is -2.44. The Morgan fingerprint density at radius 3 is 2.46 bits per heavy atom. The second-order valence-electron chi connectivity index (χ2n) is 6.09. The fourth-order valence-corrected chi connectivity index (χ4v) is 2.62. The number of imide groups is 1. The Hall–Kier alpha value is -2.32. The Morgan fingerprint density at radius 1 is 1.31 bits per heavy atom. The van der Waals surface area contributed by atoms with E-state index < -0.39 is 17.5 Å². The molecule has 1 unspecified atom stereocenters. The molecule has 2 rings (SSSR count). The smallest absolute Gasteiger partial charge is 0.325 e. The third-order valence-electron chi connectivity index (χ3n) is 4.36. The number of hydrogen-bond donors (Lipinski definition) is 2. The van der Waals surface area contributed by atoms with Gasteiger partial charge in [0.25, 0.3) is 5.91 Å². The maximum Gasteiger partial charge on any atom is 0.325 e. The highest BCUT2D eigenvalue weighted by Crippen LogP contribution is 2.29. The first-order valence-corrected chi connectivity index (χ1v) is 8.00.